The number of benzene rings is 3. The maximum atomic E-state index is 13.6. The lowest BCUT2D eigenvalue weighted by Crippen LogP contribution is -2.51. The number of nitrogens with zero attached hydrogens (tertiary/aromatic N) is 2. The van der Waals surface area contributed by atoms with E-state index in [1.165, 1.54) is 0 Å². The highest BCUT2D eigenvalue weighted by atomic mass is 16.2. The highest BCUT2D eigenvalue weighted by molar-refractivity contribution is 6.04. The van der Waals surface area contributed by atoms with E-state index in [9.17, 15) is 9.59 Å². The maximum absolute atomic E-state index is 13.6. The molecule has 1 aliphatic rings. The van der Waals surface area contributed by atoms with Crippen LogP contribution in [0.3, 0.4) is 0 Å². The van der Waals surface area contributed by atoms with Crippen LogP contribution in [0, 0.1) is 11.3 Å². The summed E-state index contributed by atoms with van der Waals surface area (Å²) in [5.74, 6) is -0.289. The largest absolute Gasteiger partial charge is 0.330 e. The summed E-state index contributed by atoms with van der Waals surface area (Å²) in [6.45, 7) is 0.381. The first-order chi connectivity index (χ1) is 16.5. The summed E-state index contributed by atoms with van der Waals surface area (Å²) in [7, 11) is 0. The Morgan fingerprint density at radius 2 is 1.68 bits per heavy atom. The first-order valence-electron chi connectivity index (χ1n) is 11.6. The summed E-state index contributed by atoms with van der Waals surface area (Å²) in [6, 6.07) is 25.2. The third kappa shape index (κ3) is 5.51. The van der Waals surface area contributed by atoms with Crippen molar-refractivity contribution in [3.63, 3.8) is 0 Å². The van der Waals surface area contributed by atoms with E-state index < -0.39 is 0 Å². The van der Waals surface area contributed by atoms with E-state index in [2.05, 4.69) is 11.4 Å². The van der Waals surface area contributed by atoms with Crippen LogP contribution in [-0.2, 0) is 6.54 Å². The number of carbonyl (C=O) groups excluding carboxylic acids is 2. The zero-order valence-electron chi connectivity index (χ0n) is 19.0. The highest BCUT2D eigenvalue weighted by Crippen LogP contribution is 2.26. The van der Waals surface area contributed by atoms with Gasteiger partial charge in [0, 0.05) is 35.4 Å². The van der Waals surface area contributed by atoms with Gasteiger partial charge >= 0.3 is 0 Å². The predicted molar refractivity (Wildman–Crippen MR) is 132 cm³/mol. The van der Waals surface area contributed by atoms with Crippen LogP contribution in [0.2, 0.25) is 0 Å². The molecule has 0 aliphatic heterocycles. The van der Waals surface area contributed by atoms with Crippen LogP contribution >= 0.6 is 0 Å². The fourth-order valence-corrected chi connectivity index (χ4v) is 4.46. The third-order valence-corrected chi connectivity index (χ3v) is 6.28. The Morgan fingerprint density at radius 3 is 2.38 bits per heavy atom. The Hall–Kier alpha value is -3.95. The van der Waals surface area contributed by atoms with Gasteiger partial charge in [0.1, 0.15) is 0 Å². The van der Waals surface area contributed by atoms with Crippen molar-refractivity contribution in [2.45, 2.75) is 44.3 Å². The van der Waals surface area contributed by atoms with Gasteiger partial charge in [-0.25, -0.2) is 0 Å². The lowest BCUT2D eigenvalue weighted by Gasteiger charge is -2.38. The van der Waals surface area contributed by atoms with Crippen LogP contribution in [0.25, 0.3) is 0 Å². The summed E-state index contributed by atoms with van der Waals surface area (Å²) in [5.41, 5.74) is 9.67. The minimum absolute atomic E-state index is 0.0699. The normalized spacial score (nSPS) is 17.4. The standard InChI is InChI=1S/C28H28N4O2/c29-18-20-13-15-23(16-14-20)28(34)32(26-12-5-4-11-25(26)30)19-21-7-6-10-24(17-21)31-27(33)22-8-2-1-3-9-22/h1-3,6-10,13-17,25-26H,4-5,11-12,19,30H2,(H,31,33). The van der Waals surface area contributed by atoms with Crippen molar-refractivity contribution in [1.29, 1.82) is 5.26 Å². The molecule has 3 aromatic rings. The van der Waals surface area contributed by atoms with Crippen LogP contribution in [0.4, 0.5) is 5.69 Å². The molecule has 1 aliphatic carbocycles. The molecule has 3 N–H and O–H groups in total. The van der Waals surface area contributed by atoms with Crippen LogP contribution in [0.5, 0.6) is 0 Å². The second-order valence-electron chi connectivity index (χ2n) is 8.66. The number of carbonyl (C=O) groups is 2. The van der Waals surface area contributed by atoms with Gasteiger partial charge in [0.05, 0.1) is 11.6 Å². The van der Waals surface area contributed by atoms with E-state index >= 15 is 0 Å². The molecule has 172 valence electrons. The Bertz CT molecular complexity index is 1190. The van der Waals surface area contributed by atoms with E-state index in [4.69, 9.17) is 11.0 Å². The first-order valence-corrected chi connectivity index (χ1v) is 11.6. The highest BCUT2D eigenvalue weighted by Gasteiger charge is 2.31. The smallest absolute Gasteiger partial charge is 0.255 e. The Labute approximate surface area is 200 Å². The fraction of sp³-hybridized carbons (Fsp3) is 0.250. The van der Waals surface area contributed by atoms with Gasteiger partial charge in [0.2, 0.25) is 0 Å². The van der Waals surface area contributed by atoms with Crippen LogP contribution in [-0.4, -0.2) is 28.8 Å². The molecule has 1 saturated carbocycles. The number of anilines is 1. The second-order valence-corrected chi connectivity index (χ2v) is 8.66. The van der Waals surface area contributed by atoms with Gasteiger partial charge in [-0.05, 0) is 66.9 Å². The van der Waals surface area contributed by atoms with Gasteiger partial charge in [0.15, 0.2) is 0 Å². The molecule has 1 fully saturated rings. The third-order valence-electron chi connectivity index (χ3n) is 6.28. The minimum atomic E-state index is -0.183. The molecule has 0 heterocycles. The van der Waals surface area contributed by atoms with Crippen molar-refractivity contribution in [1.82, 2.24) is 4.90 Å². The zero-order valence-corrected chi connectivity index (χ0v) is 19.0. The van der Waals surface area contributed by atoms with Crippen molar-refractivity contribution >= 4 is 17.5 Å². The Morgan fingerprint density at radius 1 is 0.941 bits per heavy atom. The summed E-state index contributed by atoms with van der Waals surface area (Å²) >= 11 is 0. The van der Waals surface area contributed by atoms with E-state index in [1.807, 2.05) is 47.4 Å². The molecule has 2 amide bonds. The van der Waals surface area contributed by atoms with Crippen molar-refractivity contribution < 1.29 is 9.59 Å². The summed E-state index contributed by atoms with van der Waals surface area (Å²) in [4.78, 5) is 28.0. The molecule has 34 heavy (non-hydrogen) atoms. The van der Waals surface area contributed by atoms with Gasteiger partial charge in [-0.2, -0.15) is 5.26 Å². The van der Waals surface area contributed by atoms with Crippen LogP contribution in [0.15, 0.2) is 78.9 Å². The average molecular weight is 453 g/mol. The van der Waals surface area contributed by atoms with Gasteiger partial charge in [-0.3, -0.25) is 9.59 Å². The first kappa shape index (κ1) is 23.2. The molecule has 0 saturated heterocycles. The molecular formula is C28H28N4O2. The number of hydrogen-bond acceptors (Lipinski definition) is 4. The Balaban J connectivity index is 1.57. The summed E-state index contributed by atoms with van der Waals surface area (Å²) < 4.78 is 0. The molecule has 0 spiro atoms. The molecule has 0 bridgehead atoms. The molecule has 0 radical (unpaired) electrons. The van der Waals surface area contributed by atoms with Gasteiger partial charge in [0.25, 0.3) is 11.8 Å². The van der Waals surface area contributed by atoms with Crippen molar-refractivity contribution in [2.75, 3.05) is 5.32 Å². The van der Waals surface area contributed by atoms with Gasteiger partial charge in [-0.15, -0.1) is 0 Å². The molecule has 0 aromatic heterocycles. The van der Waals surface area contributed by atoms with Crippen molar-refractivity contribution in [3.8, 4) is 6.07 Å². The number of nitrogens with one attached hydrogen (secondary N) is 1. The van der Waals surface area contributed by atoms with E-state index in [1.54, 1.807) is 36.4 Å². The maximum Gasteiger partial charge on any atom is 0.255 e. The topological polar surface area (TPSA) is 99.2 Å². The average Bonchev–Trinajstić information content (AvgIpc) is 2.88. The number of amides is 2. The molecule has 6 nitrogen and oxygen atoms in total. The predicted octanol–water partition coefficient (Wildman–Crippen LogP) is 4.72. The molecule has 6 heteroatoms. The van der Waals surface area contributed by atoms with Crippen LogP contribution in [0.1, 0.15) is 57.5 Å². The summed E-state index contributed by atoms with van der Waals surface area (Å²) in [6.07, 6.45) is 3.84. The summed E-state index contributed by atoms with van der Waals surface area (Å²) in [5, 5.41) is 12.0. The quantitative estimate of drug-likeness (QED) is 0.565. The zero-order chi connectivity index (χ0) is 23.9. The van der Waals surface area contributed by atoms with Gasteiger partial charge < -0.3 is 16.0 Å². The van der Waals surface area contributed by atoms with E-state index in [0.29, 0.717) is 28.9 Å². The number of nitrogens with two attached hydrogens (primary N) is 1. The Kier molecular flexibility index (Phi) is 7.36. The number of hydrogen-bond donors (Lipinski definition) is 2. The lowest BCUT2D eigenvalue weighted by molar-refractivity contribution is 0.0583. The van der Waals surface area contributed by atoms with Gasteiger partial charge in [-0.1, -0.05) is 43.2 Å². The monoisotopic (exact) mass is 452 g/mol. The fourth-order valence-electron chi connectivity index (χ4n) is 4.46. The molecular weight excluding hydrogens is 424 g/mol. The lowest BCUT2D eigenvalue weighted by atomic mass is 9.89. The molecule has 2 unspecified atom stereocenters. The van der Waals surface area contributed by atoms with Crippen molar-refractivity contribution in [2.24, 2.45) is 5.73 Å². The number of rotatable bonds is 6. The molecule has 4 rings (SSSR count). The van der Waals surface area contributed by atoms with Crippen molar-refractivity contribution in [3.05, 3.63) is 101 Å². The SMILES string of the molecule is N#Cc1ccc(C(=O)N(Cc2cccc(NC(=O)c3ccccc3)c2)C2CCCCC2N)cc1. The minimum Gasteiger partial charge on any atom is -0.330 e. The second kappa shape index (κ2) is 10.8. The van der Waals surface area contributed by atoms with Crippen LogP contribution < -0.4 is 11.1 Å². The van der Waals surface area contributed by atoms with E-state index in [-0.39, 0.29) is 23.9 Å². The van der Waals surface area contributed by atoms with E-state index in [0.717, 1.165) is 31.2 Å². The molecule has 3 aromatic carbocycles. The number of nitriles is 1. The molecule has 2 atom stereocenters.